The summed E-state index contributed by atoms with van der Waals surface area (Å²) in [5.41, 5.74) is 3.07. The minimum Gasteiger partial charge on any atom is -0.307 e. The van der Waals surface area contributed by atoms with Gasteiger partial charge in [-0.15, -0.1) is 0 Å². The van der Waals surface area contributed by atoms with E-state index in [1.807, 2.05) is 0 Å². The molecular weight excluding hydrogens is 310 g/mol. The van der Waals surface area contributed by atoms with E-state index in [1.165, 1.54) is 54.1 Å². The zero-order chi connectivity index (χ0) is 13.7. The van der Waals surface area contributed by atoms with Gasteiger partial charge in [-0.2, -0.15) is 0 Å². The van der Waals surface area contributed by atoms with Gasteiger partial charge in [-0.05, 0) is 74.0 Å². The summed E-state index contributed by atoms with van der Waals surface area (Å²) >= 11 is 3.71. The van der Waals surface area contributed by atoms with Gasteiger partial charge in [0, 0.05) is 16.6 Å². The van der Waals surface area contributed by atoms with E-state index in [-0.39, 0.29) is 0 Å². The fourth-order valence-electron chi connectivity index (χ4n) is 5.13. The van der Waals surface area contributed by atoms with Gasteiger partial charge in [-0.3, -0.25) is 0 Å². The molecule has 5 atom stereocenters. The molecular formula is C18H24BrN. The quantitative estimate of drug-likeness (QED) is 0.833. The predicted octanol–water partition coefficient (Wildman–Crippen LogP) is 4.85. The minimum absolute atomic E-state index is 0.580. The lowest BCUT2D eigenvalue weighted by Crippen LogP contribution is -2.38. The first-order chi connectivity index (χ1) is 9.72. The number of rotatable bonds is 3. The molecule has 0 radical (unpaired) electrons. The lowest BCUT2D eigenvalue weighted by Gasteiger charge is -2.31. The molecule has 1 aromatic carbocycles. The molecule has 0 spiro atoms. The standard InChI is InChI=1S/C18H24BrN/c1-11(16-10-12-5-6-13(16)9-12)20-18-8-7-14-15(18)3-2-4-17(14)19/h2-4,11-13,16,18,20H,5-10H2,1H3. The van der Waals surface area contributed by atoms with E-state index in [4.69, 9.17) is 0 Å². The Morgan fingerprint density at radius 1 is 1.20 bits per heavy atom. The van der Waals surface area contributed by atoms with Crippen molar-refractivity contribution in [1.29, 1.82) is 0 Å². The summed E-state index contributed by atoms with van der Waals surface area (Å²) in [7, 11) is 0. The largest absolute Gasteiger partial charge is 0.307 e. The lowest BCUT2D eigenvalue weighted by atomic mass is 9.83. The molecule has 108 valence electrons. The van der Waals surface area contributed by atoms with E-state index in [0.29, 0.717) is 12.1 Å². The van der Waals surface area contributed by atoms with Gasteiger partial charge < -0.3 is 5.32 Å². The highest BCUT2D eigenvalue weighted by Gasteiger charge is 2.42. The summed E-state index contributed by atoms with van der Waals surface area (Å²) < 4.78 is 1.30. The van der Waals surface area contributed by atoms with E-state index in [1.54, 1.807) is 0 Å². The molecule has 3 aliphatic rings. The Bertz CT molecular complexity index is 512. The van der Waals surface area contributed by atoms with Crippen molar-refractivity contribution in [2.45, 2.75) is 57.5 Å². The Morgan fingerprint density at radius 3 is 2.85 bits per heavy atom. The second-order valence-electron chi connectivity index (χ2n) is 7.19. The van der Waals surface area contributed by atoms with Gasteiger partial charge in [0.25, 0.3) is 0 Å². The van der Waals surface area contributed by atoms with Crippen molar-refractivity contribution in [2.24, 2.45) is 17.8 Å². The van der Waals surface area contributed by atoms with Crippen LogP contribution in [-0.2, 0) is 6.42 Å². The second kappa shape index (κ2) is 5.14. The average molecular weight is 334 g/mol. The number of nitrogens with one attached hydrogen (secondary N) is 1. The Labute approximate surface area is 130 Å². The lowest BCUT2D eigenvalue weighted by molar-refractivity contribution is 0.245. The first-order valence-corrected chi connectivity index (χ1v) is 9.05. The molecule has 4 rings (SSSR count). The molecule has 0 heterocycles. The number of benzene rings is 1. The monoisotopic (exact) mass is 333 g/mol. The molecule has 2 saturated carbocycles. The van der Waals surface area contributed by atoms with Crippen LogP contribution in [0.3, 0.4) is 0 Å². The molecule has 2 fully saturated rings. The Balaban J connectivity index is 1.47. The molecule has 3 aliphatic carbocycles. The van der Waals surface area contributed by atoms with Gasteiger partial charge in [0.2, 0.25) is 0 Å². The fraction of sp³-hybridized carbons (Fsp3) is 0.667. The topological polar surface area (TPSA) is 12.0 Å². The molecule has 1 N–H and O–H groups in total. The van der Waals surface area contributed by atoms with Gasteiger partial charge in [0.05, 0.1) is 0 Å². The zero-order valence-electron chi connectivity index (χ0n) is 12.2. The van der Waals surface area contributed by atoms with Gasteiger partial charge in [0.15, 0.2) is 0 Å². The molecule has 20 heavy (non-hydrogen) atoms. The summed E-state index contributed by atoms with van der Waals surface area (Å²) in [4.78, 5) is 0. The summed E-state index contributed by atoms with van der Waals surface area (Å²) in [6.07, 6.45) is 8.49. The maximum atomic E-state index is 3.97. The number of hydrogen-bond donors (Lipinski definition) is 1. The van der Waals surface area contributed by atoms with Gasteiger partial charge in [0.1, 0.15) is 0 Å². The van der Waals surface area contributed by atoms with Crippen LogP contribution in [0, 0.1) is 17.8 Å². The highest BCUT2D eigenvalue weighted by atomic mass is 79.9. The predicted molar refractivity (Wildman–Crippen MR) is 86.7 cm³/mol. The fourth-order valence-corrected chi connectivity index (χ4v) is 5.71. The molecule has 2 heteroatoms. The maximum Gasteiger partial charge on any atom is 0.0328 e. The molecule has 0 aliphatic heterocycles. The molecule has 0 saturated heterocycles. The van der Waals surface area contributed by atoms with Crippen LogP contribution < -0.4 is 5.32 Å². The van der Waals surface area contributed by atoms with Crippen LogP contribution in [0.1, 0.15) is 56.2 Å². The van der Waals surface area contributed by atoms with Crippen molar-refractivity contribution in [3.8, 4) is 0 Å². The Morgan fingerprint density at radius 2 is 2.10 bits per heavy atom. The summed E-state index contributed by atoms with van der Waals surface area (Å²) in [5.74, 6) is 3.01. The van der Waals surface area contributed by atoms with Crippen LogP contribution in [0.4, 0.5) is 0 Å². The summed E-state index contributed by atoms with van der Waals surface area (Å²) in [6.45, 7) is 2.43. The smallest absolute Gasteiger partial charge is 0.0328 e. The first-order valence-electron chi connectivity index (χ1n) is 8.25. The molecule has 1 nitrogen and oxygen atoms in total. The zero-order valence-corrected chi connectivity index (χ0v) is 13.8. The van der Waals surface area contributed by atoms with E-state index in [0.717, 1.165) is 17.8 Å². The third-order valence-electron chi connectivity index (χ3n) is 6.11. The minimum atomic E-state index is 0.580. The molecule has 0 aromatic heterocycles. The van der Waals surface area contributed by atoms with Crippen LogP contribution in [0.5, 0.6) is 0 Å². The highest BCUT2D eigenvalue weighted by molar-refractivity contribution is 9.10. The van der Waals surface area contributed by atoms with Crippen LogP contribution in [0.25, 0.3) is 0 Å². The van der Waals surface area contributed by atoms with Crippen molar-refractivity contribution < 1.29 is 0 Å². The second-order valence-corrected chi connectivity index (χ2v) is 8.05. The van der Waals surface area contributed by atoms with Crippen molar-refractivity contribution in [3.05, 3.63) is 33.8 Å². The molecule has 1 aromatic rings. The van der Waals surface area contributed by atoms with E-state index >= 15 is 0 Å². The Kier molecular flexibility index (Phi) is 3.42. The Hall–Kier alpha value is -0.340. The highest BCUT2D eigenvalue weighted by Crippen LogP contribution is 2.50. The number of hydrogen-bond acceptors (Lipinski definition) is 1. The molecule has 5 unspecified atom stereocenters. The third-order valence-corrected chi connectivity index (χ3v) is 6.86. The first kappa shape index (κ1) is 13.3. The van der Waals surface area contributed by atoms with Crippen LogP contribution in [-0.4, -0.2) is 6.04 Å². The number of fused-ring (bicyclic) bond motifs is 3. The van der Waals surface area contributed by atoms with E-state index < -0.39 is 0 Å². The maximum absolute atomic E-state index is 3.97. The normalized spacial score (nSPS) is 36.3. The van der Waals surface area contributed by atoms with E-state index in [9.17, 15) is 0 Å². The van der Waals surface area contributed by atoms with Gasteiger partial charge >= 0.3 is 0 Å². The summed E-state index contributed by atoms with van der Waals surface area (Å²) in [5, 5.41) is 3.97. The van der Waals surface area contributed by atoms with Gasteiger partial charge in [-0.1, -0.05) is 34.5 Å². The van der Waals surface area contributed by atoms with Crippen LogP contribution in [0.2, 0.25) is 0 Å². The van der Waals surface area contributed by atoms with Crippen molar-refractivity contribution >= 4 is 15.9 Å². The SMILES string of the molecule is CC(NC1CCc2c(Br)cccc21)C1CC2CCC1C2. The molecule has 0 amide bonds. The van der Waals surface area contributed by atoms with Gasteiger partial charge in [-0.25, -0.2) is 0 Å². The van der Waals surface area contributed by atoms with Crippen molar-refractivity contribution in [1.82, 2.24) is 5.32 Å². The number of halogens is 1. The average Bonchev–Trinajstić information content (AvgIpc) is 3.14. The van der Waals surface area contributed by atoms with Crippen molar-refractivity contribution in [3.63, 3.8) is 0 Å². The van der Waals surface area contributed by atoms with E-state index in [2.05, 4.69) is 46.4 Å². The van der Waals surface area contributed by atoms with Crippen LogP contribution >= 0.6 is 15.9 Å². The van der Waals surface area contributed by atoms with Crippen molar-refractivity contribution in [2.75, 3.05) is 0 Å². The van der Waals surface area contributed by atoms with Crippen LogP contribution in [0.15, 0.2) is 22.7 Å². The summed E-state index contributed by atoms with van der Waals surface area (Å²) in [6, 6.07) is 7.95. The molecule has 2 bridgehead atoms. The third kappa shape index (κ3) is 2.16.